The van der Waals surface area contributed by atoms with Crippen LogP contribution in [0, 0.1) is 0 Å². The predicted octanol–water partition coefficient (Wildman–Crippen LogP) is 1.30. The lowest BCUT2D eigenvalue weighted by Gasteiger charge is -2.34. The molecule has 3 rings (SSSR count). The molecule has 78 valence electrons. The zero-order valence-electron chi connectivity index (χ0n) is 8.95. The summed E-state index contributed by atoms with van der Waals surface area (Å²) in [5.41, 5.74) is 0. The van der Waals surface area contributed by atoms with Crippen LogP contribution >= 0.6 is 0 Å². The minimum atomic E-state index is 0.819. The molecule has 0 amide bonds. The summed E-state index contributed by atoms with van der Waals surface area (Å²) in [5, 5.41) is 0. The van der Waals surface area contributed by atoms with E-state index in [9.17, 15) is 0 Å². The molecule has 2 saturated heterocycles. The zero-order chi connectivity index (χ0) is 9.54. The summed E-state index contributed by atoms with van der Waals surface area (Å²) in [4.78, 5) is 9.66. The van der Waals surface area contributed by atoms with Gasteiger partial charge in [-0.15, -0.1) is 0 Å². The van der Waals surface area contributed by atoms with Gasteiger partial charge in [-0.05, 0) is 32.1 Å². The molecule has 0 unspecified atom stereocenters. The van der Waals surface area contributed by atoms with E-state index < -0.39 is 0 Å². The van der Waals surface area contributed by atoms with Crippen LogP contribution in [0.3, 0.4) is 0 Å². The highest BCUT2D eigenvalue weighted by atomic mass is 15.4. The third-order valence-corrected chi connectivity index (χ3v) is 3.93. The summed E-state index contributed by atoms with van der Waals surface area (Å²) < 4.78 is 0. The topological polar surface area (TPSA) is 18.8 Å². The van der Waals surface area contributed by atoms with E-state index in [0.29, 0.717) is 0 Å². The number of guanidine groups is 1. The number of fused-ring (bicyclic) bond motifs is 2. The van der Waals surface area contributed by atoms with Gasteiger partial charge in [-0.3, -0.25) is 4.99 Å². The van der Waals surface area contributed by atoms with Crippen molar-refractivity contribution in [1.29, 1.82) is 0 Å². The number of rotatable bonds is 0. The van der Waals surface area contributed by atoms with Crippen LogP contribution in [0.1, 0.15) is 32.1 Å². The number of aliphatic imine (C=N–C) groups is 1. The molecule has 2 bridgehead atoms. The smallest absolute Gasteiger partial charge is 0.196 e. The van der Waals surface area contributed by atoms with Crippen molar-refractivity contribution in [3.8, 4) is 0 Å². The summed E-state index contributed by atoms with van der Waals surface area (Å²) in [5.74, 6) is 1.29. The largest absolute Gasteiger partial charge is 0.346 e. The lowest BCUT2D eigenvalue weighted by Crippen LogP contribution is -2.47. The third-order valence-electron chi connectivity index (χ3n) is 3.93. The van der Waals surface area contributed by atoms with Crippen LogP contribution in [0.5, 0.6) is 0 Å². The first-order valence-corrected chi connectivity index (χ1v) is 5.90. The van der Waals surface area contributed by atoms with Gasteiger partial charge in [0, 0.05) is 32.2 Å². The molecule has 3 heteroatoms. The highest BCUT2D eigenvalue weighted by molar-refractivity contribution is 5.81. The van der Waals surface area contributed by atoms with Crippen LogP contribution in [-0.4, -0.2) is 48.0 Å². The monoisotopic (exact) mass is 193 g/mol. The first-order chi connectivity index (χ1) is 6.86. The minimum Gasteiger partial charge on any atom is -0.346 e. The maximum atomic E-state index is 4.70. The van der Waals surface area contributed by atoms with Crippen LogP contribution in [0.15, 0.2) is 4.99 Å². The number of hydrogen-bond donors (Lipinski definition) is 0. The maximum absolute atomic E-state index is 4.70. The second-order valence-electron chi connectivity index (χ2n) is 4.83. The molecule has 0 aromatic carbocycles. The van der Waals surface area contributed by atoms with Crippen molar-refractivity contribution in [2.75, 3.05) is 20.1 Å². The van der Waals surface area contributed by atoms with Gasteiger partial charge in [0.25, 0.3) is 0 Å². The van der Waals surface area contributed by atoms with Gasteiger partial charge in [-0.25, -0.2) is 0 Å². The Bertz CT molecular complexity index is 241. The van der Waals surface area contributed by atoms with Gasteiger partial charge in [0.05, 0.1) is 0 Å². The van der Waals surface area contributed by atoms with E-state index in [1.165, 1.54) is 44.6 Å². The van der Waals surface area contributed by atoms with Gasteiger partial charge in [-0.2, -0.15) is 0 Å². The van der Waals surface area contributed by atoms with Crippen molar-refractivity contribution in [1.82, 2.24) is 9.80 Å². The molecule has 3 nitrogen and oxygen atoms in total. The molecule has 3 heterocycles. The van der Waals surface area contributed by atoms with E-state index in [1.54, 1.807) is 0 Å². The van der Waals surface area contributed by atoms with E-state index in [1.807, 2.05) is 0 Å². The number of nitrogens with zero attached hydrogens (tertiary/aromatic N) is 3. The van der Waals surface area contributed by atoms with E-state index in [2.05, 4.69) is 16.8 Å². The van der Waals surface area contributed by atoms with Crippen molar-refractivity contribution in [2.45, 2.75) is 44.2 Å². The SMILES string of the molecule is CN1CCCN=C1N1C2CCC1CC2. The minimum absolute atomic E-state index is 0.819. The van der Waals surface area contributed by atoms with E-state index >= 15 is 0 Å². The van der Waals surface area contributed by atoms with Crippen molar-refractivity contribution >= 4 is 5.96 Å². The second-order valence-corrected chi connectivity index (χ2v) is 4.83. The summed E-state index contributed by atoms with van der Waals surface area (Å²) in [6.07, 6.45) is 6.83. The normalized spacial score (nSPS) is 36.5. The van der Waals surface area contributed by atoms with Crippen molar-refractivity contribution in [3.63, 3.8) is 0 Å². The molecule has 0 aromatic heterocycles. The van der Waals surface area contributed by atoms with Crippen LogP contribution in [0.2, 0.25) is 0 Å². The molecular formula is C11H19N3. The lowest BCUT2D eigenvalue weighted by atomic mass is 10.0. The highest BCUT2D eigenvalue weighted by Gasteiger charge is 2.42. The van der Waals surface area contributed by atoms with Crippen LogP contribution in [0.4, 0.5) is 0 Å². The molecule has 0 N–H and O–H groups in total. The molecule has 14 heavy (non-hydrogen) atoms. The molecule has 0 aliphatic carbocycles. The molecule has 2 fully saturated rings. The molecule has 0 atom stereocenters. The van der Waals surface area contributed by atoms with Gasteiger partial charge in [-0.1, -0.05) is 0 Å². The Labute approximate surface area is 85.8 Å². The Balaban J connectivity index is 1.84. The molecule has 0 aromatic rings. The van der Waals surface area contributed by atoms with E-state index in [0.717, 1.165) is 18.6 Å². The Morgan fingerprint density at radius 2 is 1.79 bits per heavy atom. The number of hydrogen-bond acceptors (Lipinski definition) is 3. The fourth-order valence-electron chi connectivity index (χ4n) is 3.23. The summed E-state index contributed by atoms with van der Waals surface area (Å²) >= 11 is 0. The fourth-order valence-corrected chi connectivity index (χ4v) is 3.23. The standard InChI is InChI=1S/C11H19N3/c1-13-8-2-7-12-11(13)14-9-3-4-10(14)6-5-9/h9-10H,2-8H2,1H3. The van der Waals surface area contributed by atoms with E-state index in [-0.39, 0.29) is 0 Å². The zero-order valence-corrected chi connectivity index (χ0v) is 8.95. The molecular weight excluding hydrogens is 174 g/mol. The van der Waals surface area contributed by atoms with E-state index in [4.69, 9.17) is 4.99 Å². The molecule has 3 aliphatic heterocycles. The molecule has 3 aliphatic rings. The van der Waals surface area contributed by atoms with Gasteiger partial charge < -0.3 is 9.80 Å². The van der Waals surface area contributed by atoms with Gasteiger partial charge in [0.15, 0.2) is 5.96 Å². The van der Waals surface area contributed by atoms with Crippen molar-refractivity contribution in [2.24, 2.45) is 4.99 Å². The summed E-state index contributed by atoms with van der Waals surface area (Å²) in [6, 6.07) is 1.64. The second kappa shape index (κ2) is 3.14. The first kappa shape index (κ1) is 8.57. The average Bonchev–Trinajstić information content (AvgIpc) is 2.78. The fraction of sp³-hybridized carbons (Fsp3) is 0.909. The summed E-state index contributed by atoms with van der Waals surface area (Å²) in [7, 11) is 2.19. The Kier molecular flexibility index (Phi) is 1.92. The Hall–Kier alpha value is -0.730. The Morgan fingerprint density at radius 1 is 1.14 bits per heavy atom. The van der Waals surface area contributed by atoms with Crippen LogP contribution in [0.25, 0.3) is 0 Å². The highest BCUT2D eigenvalue weighted by Crippen LogP contribution is 2.38. The summed E-state index contributed by atoms with van der Waals surface area (Å²) in [6.45, 7) is 2.23. The van der Waals surface area contributed by atoms with Gasteiger partial charge >= 0.3 is 0 Å². The predicted molar refractivity (Wildman–Crippen MR) is 57.4 cm³/mol. The van der Waals surface area contributed by atoms with Crippen LogP contribution < -0.4 is 0 Å². The third kappa shape index (κ3) is 1.14. The van der Waals surface area contributed by atoms with Crippen LogP contribution in [-0.2, 0) is 0 Å². The molecule has 0 saturated carbocycles. The lowest BCUT2D eigenvalue weighted by molar-refractivity contribution is 0.314. The first-order valence-electron chi connectivity index (χ1n) is 5.90. The van der Waals surface area contributed by atoms with Crippen molar-refractivity contribution in [3.05, 3.63) is 0 Å². The quantitative estimate of drug-likeness (QED) is 0.577. The maximum Gasteiger partial charge on any atom is 0.196 e. The Morgan fingerprint density at radius 3 is 2.36 bits per heavy atom. The molecule has 0 radical (unpaired) electrons. The van der Waals surface area contributed by atoms with Crippen molar-refractivity contribution < 1.29 is 0 Å². The average molecular weight is 193 g/mol. The molecule has 0 spiro atoms. The van der Waals surface area contributed by atoms with Gasteiger partial charge in [0.2, 0.25) is 0 Å². The van der Waals surface area contributed by atoms with Gasteiger partial charge in [0.1, 0.15) is 0 Å².